The van der Waals surface area contributed by atoms with Gasteiger partial charge in [0.2, 0.25) is 5.91 Å². The van der Waals surface area contributed by atoms with E-state index in [9.17, 15) is 9.59 Å². The third kappa shape index (κ3) is 2.76. The lowest BCUT2D eigenvalue weighted by molar-refractivity contribution is -0.115. The summed E-state index contributed by atoms with van der Waals surface area (Å²) < 4.78 is 0. The molecule has 2 aromatic rings. The molecule has 2 amide bonds. The average Bonchev–Trinajstić information content (AvgIpc) is 2.86. The number of hydrogen-bond acceptors (Lipinski definition) is 3. The van der Waals surface area contributed by atoms with E-state index in [-0.39, 0.29) is 11.8 Å². The summed E-state index contributed by atoms with van der Waals surface area (Å²) >= 11 is 0. The van der Waals surface area contributed by atoms with Crippen molar-refractivity contribution in [2.75, 3.05) is 12.4 Å². The van der Waals surface area contributed by atoms with E-state index < -0.39 is 0 Å². The van der Waals surface area contributed by atoms with Gasteiger partial charge in [-0.25, -0.2) is 0 Å². The van der Waals surface area contributed by atoms with Crippen molar-refractivity contribution in [3.05, 3.63) is 59.4 Å². The van der Waals surface area contributed by atoms with Crippen LogP contribution < -0.4 is 5.32 Å². The Balaban J connectivity index is 1.76. The first-order valence-corrected chi connectivity index (χ1v) is 6.71. The molecule has 1 N–H and O–H groups in total. The fraction of sp³-hybridized carbons (Fsp3) is 0.188. The summed E-state index contributed by atoms with van der Waals surface area (Å²) in [6, 6.07) is 10.9. The Morgan fingerprint density at radius 1 is 1.33 bits per heavy atom. The SMILES string of the molecule is CN(Cc1ccccn1)C(=O)c1ccc2c(c1)NC(=O)C2. The van der Waals surface area contributed by atoms with Crippen molar-refractivity contribution in [1.82, 2.24) is 9.88 Å². The Hall–Kier alpha value is -2.69. The number of anilines is 1. The van der Waals surface area contributed by atoms with Crippen LogP contribution in [0.25, 0.3) is 0 Å². The normalized spacial score (nSPS) is 12.7. The third-order valence-electron chi connectivity index (χ3n) is 3.45. The Labute approximate surface area is 122 Å². The zero-order chi connectivity index (χ0) is 14.8. The second-order valence-corrected chi connectivity index (χ2v) is 5.08. The van der Waals surface area contributed by atoms with Gasteiger partial charge in [0.05, 0.1) is 18.7 Å². The molecule has 106 valence electrons. The van der Waals surface area contributed by atoms with E-state index in [4.69, 9.17) is 0 Å². The van der Waals surface area contributed by atoms with Gasteiger partial charge < -0.3 is 10.2 Å². The highest BCUT2D eigenvalue weighted by molar-refractivity contribution is 6.02. The molecular formula is C16H15N3O2. The number of aromatic nitrogens is 1. The van der Waals surface area contributed by atoms with Gasteiger partial charge in [-0.15, -0.1) is 0 Å². The fourth-order valence-corrected chi connectivity index (χ4v) is 2.37. The second kappa shape index (κ2) is 5.36. The number of hydrogen-bond donors (Lipinski definition) is 1. The van der Waals surface area contributed by atoms with Crippen molar-refractivity contribution in [2.24, 2.45) is 0 Å². The van der Waals surface area contributed by atoms with Crippen molar-refractivity contribution in [3.63, 3.8) is 0 Å². The molecule has 1 aliphatic heterocycles. The van der Waals surface area contributed by atoms with Crippen molar-refractivity contribution >= 4 is 17.5 Å². The summed E-state index contributed by atoms with van der Waals surface area (Å²) in [4.78, 5) is 29.6. The maximum atomic E-state index is 12.4. The minimum atomic E-state index is -0.0930. The van der Waals surface area contributed by atoms with Crippen LogP contribution in [0.4, 0.5) is 5.69 Å². The maximum absolute atomic E-state index is 12.4. The van der Waals surface area contributed by atoms with Crippen LogP contribution in [0, 0.1) is 0 Å². The lowest BCUT2D eigenvalue weighted by Crippen LogP contribution is -2.26. The topological polar surface area (TPSA) is 62.3 Å². The molecule has 0 spiro atoms. The molecular weight excluding hydrogens is 266 g/mol. The summed E-state index contributed by atoms with van der Waals surface area (Å²) in [7, 11) is 1.74. The highest BCUT2D eigenvalue weighted by atomic mass is 16.2. The molecule has 2 heterocycles. The van der Waals surface area contributed by atoms with Gasteiger partial charge >= 0.3 is 0 Å². The molecule has 0 fully saturated rings. The molecule has 5 nitrogen and oxygen atoms in total. The first kappa shape index (κ1) is 13.3. The van der Waals surface area contributed by atoms with Crippen molar-refractivity contribution in [3.8, 4) is 0 Å². The van der Waals surface area contributed by atoms with Gasteiger partial charge in [0, 0.05) is 24.5 Å². The Bertz CT molecular complexity index is 698. The molecule has 0 bridgehead atoms. The van der Waals surface area contributed by atoms with E-state index >= 15 is 0 Å². The predicted octanol–water partition coefficient (Wildman–Crippen LogP) is 1.85. The monoisotopic (exact) mass is 281 g/mol. The summed E-state index contributed by atoms with van der Waals surface area (Å²) in [6.07, 6.45) is 2.09. The van der Waals surface area contributed by atoms with Crippen molar-refractivity contribution in [2.45, 2.75) is 13.0 Å². The number of carbonyl (C=O) groups is 2. The van der Waals surface area contributed by atoms with Gasteiger partial charge in [-0.05, 0) is 29.8 Å². The number of amides is 2. The summed E-state index contributed by atoms with van der Waals surface area (Å²) in [5.74, 6) is -0.124. The van der Waals surface area contributed by atoms with E-state index in [0.29, 0.717) is 18.5 Å². The van der Waals surface area contributed by atoms with E-state index in [1.54, 1.807) is 30.3 Å². The Morgan fingerprint density at radius 3 is 2.95 bits per heavy atom. The van der Waals surface area contributed by atoms with Crippen LogP contribution in [0.2, 0.25) is 0 Å². The minimum Gasteiger partial charge on any atom is -0.336 e. The maximum Gasteiger partial charge on any atom is 0.254 e. The molecule has 1 aromatic heterocycles. The number of benzene rings is 1. The largest absolute Gasteiger partial charge is 0.336 e. The number of rotatable bonds is 3. The van der Waals surface area contributed by atoms with Crippen LogP contribution in [0.5, 0.6) is 0 Å². The molecule has 0 atom stereocenters. The zero-order valence-corrected chi connectivity index (χ0v) is 11.7. The molecule has 21 heavy (non-hydrogen) atoms. The van der Waals surface area contributed by atoms with Crippen LogP contribution in [-0.4, -0.2) is 28.7 Å². The average molecular weight is 281 g/mol. The number of carbonyl (C=O) groups excluding carboxylic acids is 2. The lowest BCUT2D eigenvalue weighted by atomic mass is 10.1. The van der Waals surface area contributed by atoms with Crippen LogP contribution in [0.15, 0.2) is 42.6 Å². The quantitative estimate of drug-likeness (QED) is 0.934. The highest BCUT2D eigenvalue weighted by Crippen LogP contribution is 2.24. The Morgan fingerprint density at radius 2 is 2.19 bits per heavy atom. The molecule has 3 rings (SSSR count). The number of pyridine rings is 1. The van der Waals surface area contributed by atoms with Gasteiger partial charge in [0.1, 0.15) is 0 Å². The van der Waals surface area contributed by atoms with Crippen LogP contribution >= 0.6 is 0 Å². The minimum absolute atomic E-state index is 0.0311. The zero-order valence-electron chi connectivity index (χ0n) is 11.7. The van der Waals surface area contributed by atoms with E-state index in [1.165, 1.54) is 0 Å². The van der Waals surface area contributed by atoms with Crippen LogP contribution in [0.1, 0.15) is 21.6 Å². The standard InChI is InChI=1S/C16H15N3O2/c1-19(10-13-4-2-3-7-17-13)16(21)12-6-5-11-9-15(20)18-14(11)8-12/h2-8H,9-10H2,1H3,(H,18,20). The van der Waals surface area contributed by atoms with Gasteiger partial charge in [-0.1, -0.05) is 12.1 Å². The van der Waals surface area contributed by atoms with E-state index in [1.807, 2.05) is 24.3 Å². The van der Waals surface area contributed by atoms with Crippen molar-refractivity contribution < 1.29 is 9.59 Å². The molecule has 1 aliphatic rings. The third-order valence-corrected chi connectivity index (χ3v) is 3.45. The second-order valence-electron chi connectivity index (χ2n) is 5.08. The summed E-state index contributed by atoms with van der Waals surface area (Å²) in [5, 5.41) is 2.76. The number of nitrogens with one attached hydrogen (secondary N) is 1. The summed E-state index contributed by atoms with van der Waals surface area (Å²) in [5.41, 5.74) is 3.07. The lowest BCUT2D eigenvalue weighted by Gasteiger charge is -2.17. The van der Waals surface area contributed by atoms with Gasteiger partial charge in [-0.3, -0.25) is 14.6 Å². The van der Waals surface area contributed by atoms with Gasteiger partial charge in [0.25, 0.3) is 5.91 Å². The first-order valence-electron chi connectivity index (χ1n) is 6.71. The van der Waals surface area contributed by atoms with Gasteiger partial charge in [0.15, 0.2) is 0 Å². The first-order chi connectivity index (χ1) is 10.1. The molecule has 0 saturated carbocycles. The summed E-state index contributed by atoms with van der Waals surface area (Å²) in [6.45, 7) is 0.448. The predicted molar refractivity (Wildman–Crippen MR) is 78.8 cm³/mol. The number of nitrogens with zero attached hydrogens (tertiary/aromatic N) is 2. The van der Waals surface area contributed by atoms with Crippen molar-refractivity contribution in [1.29, 1.82) is 0 Å². The molecule has 0 saturated heterocycles. The molecule has 1 aromatic carbocycles. The number of fused-ring (bicyclic) bond motifs is 1. The molecule has 0 unspecified atom stereocenters. The fourth-order valence-electron chi connectivity index (χ4n) is 2.37. The van der Waals surface area contributed by atoms with Crippen LogP contribution in [-0.2, 0) is 17.8 Å². The van der Waals surface area contributed by atoms with Gasteiger partial charge in [-0.2, -0.15) is 0 Å². The van der Waals surface area contributed by atoms with E-state index in [2.05, 4.69) is 10.3 Å². The molecule has 0 aliphatic carbocycles. The smallest absolute Gasteiger partial charge is 0.254 e. The Kier molecular flexibility index (Phi) is 3.39. The molecule has 0 radical (unpaired) electrons. The molecule has 5 heteroatoms. The highest BCUT2D eigenvalue weighted by Gasteiger charge is 2.20. The van der Waals surface area contributed by atoms with Crippen LogP contribution in [0.3, 0.4) is 0 Å². The van der Waals surface area contributed by atoms with E-state index in [0.717, 1.165) is 16.9 Å².